The van der Waals surface area contributed by atoms with E-state index in [0.717, 1.165) is 15.5 Å². The number of hydrogen-bond donors (Lipinski definition) is 1. The van der Waals surface area contributed by atoms with E-state index in [4.69, 9.17) is 0 Å². The third-order valence-corrected chi connectivity index (χ3v) is 3.57. The SMILES string of the molecule is Fc1ccccc1-c1ccc(Sc2cn[nH]n2)cc1. The lowest BCUT2D eigenvalue weighted by Gasteiger charge is -2.04. The molecule has 0 radical (unpaired) electrons. The predicted molar refractivity (Wildman–Crippen MR) is 72.3 cm³/mol. The molecule has 19 heavy (non-hydrogen) atoms. The van der Waals surface area contributed by atoms with Gasteiger partial charge in [-0.2, -0.15) is 10.3 Å². The molecule has 3 nitrogen and oxygen atoms in total. The highest BCUT2D eigenvalue weighted by atomic mass is 32.2. The summed E-state index contributed by atoms with van der Waals surface area (Å²) in [6.45, 7) is 0. The number of hydrogen-bond acceptors (Lipinski definition) is 3. The van der Waals surface area contributed by atoms with Crippen LogP contribution in [0.3, 0.4) is 0 Å². The average molecular weight is 271 g/mol. The number of rotatable bonds is 3. The van der Waals surface area contributed by atoms with Crippen molar-refractivity contribution >= 4 is 11.8 Å². The molecule has 0 unspecified atom stereocenters. The lowest BCUT2D eigenvalue weighted by molar-refractivity contribution is 0.631. The third kappa shape index (κ3) is 2.66. The highest BCUT2D eigenvalue weighted by Crippen LogP contribution is 2.28. The lowest BCUT2D eigenvalue weighted by atomic mass is 10.1. The van der Waals surface area contributed by atoms with Crippen molar-refractivity contribution < 1.29 is 4.39 Å². The minimum Gasteiger partial charge on any atom is -0.206 e. The van der Waals surface area contributed by atoms with Crippen molar-refractivity contribution in [1.29, 1.82) is 0 Å². The van der Waals surface area contributed by atoms with Gasteiger partial charge >= 0.3 is 0 Å². The van der Waals surface area contributed by atoms with E-state index < -0.39 is 0 Å². The molecular formula is C14H10FN3S. The molecule has 94 valence electrons. The van der Waals surface area contributed by atoms with Crippen LogP contribution in [-0.4, -0.2) is 15.4 Å². The summed E-state index contributed by atoms with van der Waals surface area (Å²) < 4.78 is 13.7. The Morgan fingerprint density at radius 1 is 1.00 bits per heavy atom. The van der Waals surface area contributed by atoms with Crippen LogP contribution in [0.15, 0.2) is 64.6 Å². The van der Waals surface area contributed by atoms with Crippen LogP contribution in [0.4, 0.5) is 4.39 Å². The van der Waals surface area contributed by atoms with Crippen LogP contribution in [-0.2, 0) is 0 Å². The number of aromatic nitrogens is 3. The minimum atomic E-state index is -0.209. The molecule has 0 saturated heterocycles. The average Bonchev–Trinajstić information content (AvgIpc) is 2.93. The first-order chi connectivity index (χ1) is 9.33. The topological polar surface area (TPSA) is 41.6 Å². The Morgan fingerprint density at radius 2 is 1.79 bits per heavy atom. The Labute approximate surface area is 113 Å². The summed E-state index contributed by atoms with van der Waals surface area (Å²) >= 11 is 1.50. The van der Waals surface area contributed by atoms with Gasteiger partial charge in [-0.05, 0) is 23.8 Å². The van der Waals surface area contributed by atoms with Gasteiger partial charge in [0, 0.05) is 10.5 Å². The first kappa shape index (κ1) is 11.9. The summed E-state index contributed by atoms with van der Waals surface area (Å²) in [5.41, 5.74) is 1.48. The Balaban J connectivity index is 1.85. The molecule has 3 aromatic rings. The van der Waals surface area contributed by atoms with E-state index in [-0.39, 0.29) is 5.82 Å². The van der Waals surface area contributed by atoms with Crippen molar-refractivity contribution in [2.24, 2.45) is 0 Å². The quantitative estimate of drug-likeness (QED) is 0.788. The molecule has 0 spiro atoms. The van der Waals surface area contributed by atoms with Crippen molar-refractivity contribution in [3.05, 3.63) is 60.5 Å². The molecule has 0 atom stereocenters. The predicted octanol–water partition coefficient (Wildman–Crippen LogP) is 3.76. The summed E-state index contributed by atoms with van der Waals surface area (Å²) in [6.07, 6.45) is 1.66. The molecule has 1 heterocycles. The number of aromatic amines is 1. The third-order valence-electron chi connectivity index (χ3n) is 2.65. The zero-order valence-electron chi connectivity index (χ0n) is 9.88. The summed E-state index contributed by atoms with van der Waals surface area (Å²) in [6, 6.07) is 14.5. The van der Waals surface area contributed by atoms with E-state index in [2.05, 4.69) is 15.4 Å². The van der Waals surface area contributed by atoms with E-state index in [1.54, 1.807) is 18.3 Å². The smallest absolute Gasteiger partial charge is 0.143 e. The van der Waals surface area contributed by atoms with Gasteiger partial charge in [0.15, 0.2) is 0 Å². The molecule has 0 aliphatic carbocycles. The lowest BCUT2D eigenvalue weighted by Crippen LogP contribution is -1.83. The second kappa shape index (κ2) is 5.24. The molecule has 0 saturated carbocycles. The van der Waals surface area contributed by atoms with Crippen molar-refractivity contribution in [2.75, 3.05) is 0 Å². The van der Waals surface area contributed by atoms with Gasteiger partial charge < -0.3 is 0 Å². The molecule has 1 aromatic heterocycles. The maximum Gasteiger partial charge on any atom is 0.143 e. The first-order valence-corrected chi connectivity index (χ1v) is 6.53. The Hall–Kier alpha value is -2.14. The number of nitrogens with zero attached hydrogens (tertiary/aromatic N) is 2. The molecule has 1 N–H and O–H groups in total. The highest BCUT2D eigenvalue weighted by Gasteiger charge is 2.05. The number of nitrogens with one attached hydrogen (secondary N) is 1. The molecule has 2 aromatic carbocycles. The van der Waals surface area contributed by atoms with E-state index >= 15 is 0 Å². The van der Waals surface area contributed by atoms with Crippen LogP contribution < -0.4 is 0 Å². The Morgan fingerprint density at radius 3 is 2.47 bits per heavy atom. The van der Waals surface area contributed by atoms with Crippen LogP contribution in [0.1, 0.15) is 0 Å². The fraction of sp³-hybridized carbons (Fsp3) is 0. The number of H-pyrrole nitrogens is 1. The van der Waals surface area contributed by atoms with Crippen molar-refractivity contribution in [3.63, 3.8) is 0 Å². The molecule has 0 aliphatic heterocycles. The van der Waals surface area contributed by atoms with Crippen LogP contribution in [0, 0.1) is 5.82 Å². The van der Waals surface area contributed by atoms with E-state index in [0.29, 0.717) is 5.56 Å². The van der Waals surface area contributed by atoms with Gasteiger partial charge in [0.05, 0.1) is 6.20 Å². The first-order valence-electron chi connectivity index (χ1n) is 5.71. The zero-order chi connectivity index (χ0) is 13.1. The standard InChI is InChI=1S/C14H10FN3S/c15-13-4-2-1-3-12(13)10-5-7-11(8-6-10)19-14-9-16-18-17-14/h1-9H,(H,16,17,18). The van der Waals surface area contributed by atoms with Crippen molar-refractivity contribution in [1.82, 2.24) is 15.4 Å². The normalized spacial score (nSPS) is 10.6. The molecule has 0 amide bonds. The fourth-order valence-corrected chi connectivity index (χ4v) is 2.46. The summed E-state index contributed by atoms with van der Waals surface area (Å²) in [5.74, 6) is -0.209. The monoisotopic (exact) mass is 271 g/mol. The van der Waals surface area contributed by atoms with Crippen LogP contribution in [0.5, 0.6) is 0 Å². The van der Waals surface area contributed by atoms with Gasteiger partial charge in [-0.3, -0.25) is 0 Å². The second-order valence-corrected chi connectivity index (χ2v) is 5.01. The van der Waals surface area contributed by atoms with Gasteiger partial charge in [-0.15, -0.1) is 5.10 Å². The zero-order valence-corrected chi connectivity index (χ0v) is 10.7. The summed E-state index contributed by atoms with van der Waals surface area (Å²) in [4.78, 5) is 1.04. The largest absolute Gasteiger partial charge is 0.206 e. The van der Waals surface area contributed by atoms with Crippen LogP contribution in [0.2, 0.25) is 0 Å². The maximum atomic E-state index is 13.7. The minimum absolute atomic E-state index is 0.209. The maximum absolute atomic E-state index is 13.7. The van der Waals surface area contributed by atoms with Gasteiger partial charge in [0.1, 0.15) is 10.8 Å². The molecule has 3 rings (SSSR count). The fourth-order valence-electron chi connectivity index (χ4n) is 1.76. The number of halogens is 1. The molecule has 0 fully saturated rings. The van der Waals surface area contributed by atoms with E-state index in [1.807, 2.05) is 30.3 Å². The molecule has 5 heteroatoms. The molecule has 0 bridgehead atoms. The van der Waals surface area contributed by atoms with Gasteiger partial charge in [0.25, 0.3) is 0 Å². The Kier molecular flexibility index (Phi) is 3.29. The number of benzene rings is 2. The van der Waals surface area contributed by atoms with Crippen molar-refractivity contribution in [3.8, 4) is 11.1 Å². The Bertz CT molecular complexity index is 665. The van der Waals surface area contributed by atoms with Gasteiger partial charge in [-0.25, -0.2) is 4.39 Å². The summed E-state index contributed by atoms with van der Waals surface area (Å²) in [5, 5.41) is 11.1. The van der Waals surface area contributed by atoms with Gasteiger partial charge in [-0.1, -0.05) is 42.1 Å². The molecular weight excluding hydrogens is 261 g/mol. The van der Waals surface area contributed by atoms with E-state index in [1.165, 1.54) is 17.8 Å². The van der Waals surface area contributed by atoms with Crippen LogP contribution >= 0.6 is 11.8 Å². The summed E-state index contributed by atoms with van der Waals surface area (Å²) in [7, 11) is 0. The van der Waals surface area contributed by atoms with Crippen molar-refractivity contribution in [2.45, 2.75) is 9.92 Å². The molecule has 0 aliphatic rings. The van der Waals surface area contributed by atoms with Crippen LogP contribution in [0.25, 0.3) is 11.1 Å². The van der Waals surface area contributed by atoms with Gasteiger partial charge in [0.2, 0.25) is 0 Å². The second-order valence-electron chi connectivity index (χ2n) is 3.91. The van der Waals surface area contributed by atoms with E-state index in [9.17, 15) is 4.39 Å². The highest BCUT2D eigenvalue weighted by molar-refractivity contribution is 7.99.